The fraction of sp³-hybridized carbons (Fsp3) is 0.375. The summed E-state index contributed by atoms with van der Waals surface area (Å²) in [5.74, 6) is -0.617. The number of carboxylic acids is 1. The van der Waals surface area contributed by atoms with Crippen molar-refractivity contribution in [2.45, 2.75) is 25.3 Å². The van der Waals surface area contributed by atoms with E-state index in [1.165, 1.54) is 0 Å². The second-order valence-electron chi connectivity index (χ2n) is 5.15. The smallest absolute Gasteiger partial charge is 0.326 e. The Labute approximate surface area is 123 Å². The summed E-state index contributed by atoms with van der Waals surface area (Å²) >= 11 is 0. The number of carbonyl (C=O) groups is 2. The van der Waals surface area contributed by atoms with Crippen LogP contribution in [-0.4, -0.2) is 30.1 Å². The Bertz CT molecular complexity index is 563. The van der Waals surface area contributed by atoms with Crippen molar-refractivity contribution in [1.82, 2.24) is 5.32 Å². The maximum atomic E-state index is 12.2. The van der Waals surface area contributed by atoms with Crippen molar-refractivity contribution in [3.63, 3.8) is 0 Å². The molecule has 112 valence electrons. The summed E-state index contributed by atoms with van der Waals surface area (Å²) in [6.07, 6.45) is 4.00. The van der Waals surface area contributed by atoms with Gasteiger partial charge in [0.1, 0.15) is 11.8 Å². The van der Waals surface area contributed by atoms with Crippen molar-refractivity contribution in [3.8, 4) is 5.75 Å². The van der Waals surface area contributed by atoms with Crippen LogP contribution >= 0.6 is 0 Å². The quantitative estimate of drug-likeness (QED) is 0.753. The molecule has 0 saturated heterocycles. The van der Waals surface area contributed by atoms with E-state index in [0.717, 1.165) is 18.4 Å². The van der Waals surface area contributed by atoms with Gasteiger partial charge in [-0.15, -0.1) is 6.58 Å². The summed E-state index contributed by atoms with van der Waals surface area (Å²) in [6.45, 7) is 3.68. The van der Waals surface area contributed by atoms with Gasteiger partial charge in [0.2, 0.25) is 0 Å². The molecule has 5 nitrogen and oxygen atoms in total. The van der Waals surface area contributed by atoms with Crippen LogP contribution in [0.4, 0.5) is 0 Å². The lowest BCUT2D eigenvalue weighted by molar-refractivity contribution is -0.139. The van der Waals surface area contributed by atoms with E-state index in [-0.39, 0.29) is 11.8 Å². The molecular formula is C16H19NO4. The minimum absolute atomic E-state index is 0.0531. The van der Waals surface area contributed by atoms with Gasteiger partial charge in [-0.05, 0) is 48.9 Å². The third-order valence-electron chi connectivity index (χ3n) is 3.55. The molecule has 1 saturated carbocycles. The number of allylic oxidation sites excluding steroid dienone is 1. The molecule has 1 unspecified atom stereocenters. The second-order valence-corrected chi connectivity index (χ2v) is 5.15. The first-order valence-corrected chi connectivity index (χ1v) is 6.88. The Morgan fingerprint density at radius 1 is 1.52 bits per heavy atom. The summed E-state index contributed by atoms with van der Waals surface area (Å²) in [5, 5.41) is 11.7. The molecule has 0 bridgehead atoms. The number of rotatable bonds is 7. The molecule has 1 atom stereocenters. The number of hydrogen-bond donors (Lipinski definition) is 2. The molecule has 0 aliphatic heterocycles. The molecule has 0 radical (unpaired) electrons. The van der Waals surface area contributed by atoms with Crippen LogP contribution in [-0.2, 0) is 11.2 Å². The van der Waals surface area contributed by atoms with Crippen LogP contribution in [0.25, 0.3) is 0 Å². The minimum atomic E-state index is -0.981. The van der Waals surface area contributed by atoms with Gasteiger partial charge >= 0.3 is 5.97 Å². The van der Waals surface area contributed by atoms with E-state index in [1.54, 1.807) is 31.4 Å². The first-order valence-electron chi connectivity index (χ1n) is 6.88. The van der Waals surface area contributed by atoms with E-state index in [2.05, 4.69) is 11.9 Å². The fourth-order valence-electron chi connectivity index (χ4n) is 2.27. The molecule has 2 rings (SSSR count). The van der Waals surface area contributed by atoms with Gasteiger partial charge in [-0.3, -0.25) is 4.79 Å². The molecule has 21 heavy (non-hydrogen) atoms. The third kappa shape index (κ3) is 3.62. The Kier molecular flexibility index (Phi) is 4.62. The Hall–Kier alpha value is -2.30. The van der Waals surface area contributed by atoms with Crippen LogP contribution in [0.1, 0.15) is 28.8 Å². The highest BCUT2D eigenvalue weighted by Crippen LogP contribution is 2.33. The number of carboxylic acid groups (broad SMARTS) is 1. The van der Waals surface area contributed by atoms with E-state index < -0.39 is 12.0 Å². The maximum absolute atomic E-state index is 12.2. The highest BCUT2D eigenvalue weighted by atomic mass is 16.5. The van der Waals surface area contributed by atoms with Crippen LogP contribution in [0.15, 0.2) is 30.9 Å². The Morgan fingerprint density at radius 2 is 2.24 bits per heavy atom. The number of amides is 1. The van der Waals surface area contributed by atoms with E-state index in [1.807, 2.05) is 0 Å². The van der Waals surface area contributed by atoms with E-state index in [0.29, 0.717) is 17.7 Å². The first kappa shape index (κ1) is 15.1. The number of benzene rings is 1. The monoisotopic (exact) mass is 289 g/mol. The van der Waals surface area contributed by atoms with Gasteiger partial charge in [-0.1, -0.05) is 6.08 Å². The van der Waals surface area contributed by atoms with Crippen LogP contribution in [0.2, 0.25) is 0 Å². The Balaban J connectivity index is 2.16. The summed E-state index contributed by atoms with van der Waals surface area (Å²) in [4.78, 5) is 23.4. The zero-order valence-electron chi connectivity index (χ0n) is 12.0. The highest BCUT2D eigenvalue weighted by Gasteiger charge is 2.37. The SMILES string of the molecule is C=CCc1cc(C(=O)NC(C(=O)O)C2CC2)ccc1OC. The molecule has 1 amide bonds. The van der Waals surface area contributed by atoms with Gasteiger partial charge in [-0.25, -0.2) is 4.79 Å². The van der Waals surface area contributed by atoms with E-state index in [9.17, 15) is 9.59 Å². The maximum Gasteiger partial charge on any atom is 0.326 e. The average molecular weight is 289 g/mol. The predicted octanol–water partition coefficient (Wildman–Crippen LogP) is 2.02. The predicted molar refractivity (Wildman–Crippen MR) is 78.5 cm³/mol. The van der Waals surface area contributed by atoms with Crippen LogP contribution in [0, 0.1) is 5.92 Å². The first-order chi connectivity index (χ1) is 10.1. The van der Waals surface area contributed by atoms with Crippen LogP contribution < -0.4 is 10.1 Å². The van der Waals surface area contributed by atoms with Crippen molar-refractivity contribution in [3.05, 3.63) is 42.0 Å². The number of hydrogen-bond acceptors (Lipinski definition) is 3. The largest absolute Gasteiger partial charge is 0.496 e. The summed E-state index contributed by atoms with van der Waals surface area (Å²) in [5.41, 5.74) is 1.28. The number of carbonyl (C=O) groups excluding carboxylic acids is 1. The molecule has 1 fully saturated rings. The minimum Gasteiger partial charge on any atom is -0.496 e. The fourth-order valence-corrected chi connectivity index (χ4v) is 2.27. The van der Waals surface area contributed by atoms with Crippen molar-refractivity contribution >= 4 is 11.9 Å². The average Bonchev–Trinajstić information content (AvgIpc) is 3.29. The summed E-state index contributed by atoms with van der Waals surface area (Å²) < 4.78 is 5.23. The lowest BCUT2D eigenvalue weighted by Gasteiger charge is -2.14. The van der Waals surface area contributed by atoms with Crippen LogP contribution in [0.3, 0.4) is 0 Å². The Morgan fingerprint density at radius 3 is 2.76 bits per heavy atom. The van der Waals surface area contributed by atoms with Crippen molar-refractivity contribution < 1.29 is 19.4 Å². The van der Waals surface area contributed by atoms with Gasteiger partial charge in [0.25, 0.3) is 5.91 Å². The molecule has 1 aromatic carbocycles. The molecule has 2 N–H and O–H groups in total. The van der Waals surface area contributed by atoms with Gasteiger partial charge in [-0.2, -0.15) is 0 Å². The summed E-state index contributed by atoms with van der Waals surface area (Å²) in [7, 11) is 1.56. The van der Waals surface area contributed by atoms with Crippen molar-refractivity contribution in [1.29, 1.82) is 0 Å². The van der Waals surface area contributed by atoms with Gasteiger partial charge in [0, 0.05) is 5.56 Å². The van der Waals surface area contributed by atoms with Gasteiger partial charge in [0.05, 0.1) is 7.11 Å². The number of aliphatic carboxylic acids is 1. The summed E-state index contributed by atoms with van der Waals surface area (Å²) in [6, 6.07) is 4.25. The number of nitrogens with one attached hydrogen (secondary N) is 1. The van der Waals surface area contributed by atoms with Crippen LogP contribution in [0.5, 0.6) is 5.75 Å². The lowest BCUT2D eigenvalue weighted by Crippen LogP contribution is -2.42. The molecule has 0 spiro atoms. The zero-order chi connectivity index (χ0) is 15.4. The van der Waals surface area contributed by atoms with E-state index in [4.69, 9.17) is 9.84 Å². The molecular weight excluding hydrogens is 270 g/mol. The number of ether oxygens (including phenoxy) is 1. The van der Waals surface area contributed by atoms with Crippen molar-refractivity contribution in [2.24, 2.45) is 5.92 Å². The molecule has 1 aliphatic carbocycles. The molecule has 1 aromatic rings. The van der Waals surface area contributed by atoms with Gasteiger partial charge < -0.3 is 15.2 Å². The highest BCUT2D eigenvalue weighted by molar-refractivity contribution is 5.97. The normalized spacial score (nSPS) is 15.1. The zero-order valence-corrected chi connectivity index (χ0v) is 12.0. The van der Waals surface area contributed by atoms with Gasteiger partial charge in [0.15, 0.2) is 0 Å². The molecule has 1 aliphatic rings. The topological polar surface area (TPSA) is 75.6 Å². The molecule has 0 heterocycles. The molecule has 0 aromatic heterocycles. The third-order valence-corrected chi connectivity index (χ3v) is 3.55. The van der Waals surface area contributed by atoms with Crippen molar-refractivity contribution in [2.75, 3.05) is 7.11 Å². The second kappa shape index (κ2) is 6.43. The van der Waals surface area contributed by atoms with E-state index >= 15 is 0 Å². The molecule has 5 heteroatoms. The lowest BCUT2D eigenvalue weighted by atomic mass is 10.1. The standard InChI is InChI=1S/C16H19NO4/c1-3-4-11-9-12(7-8-13(11)21-2)15(18)17-14(16(19)20)10-5-6-10/h3,7-10,14H,1,4-6H2,2H3,(H,17,18)(H,19,20). The number of methoxy groups -OCH3 is 1.